The number of benzene rings is 2. The first-order valence-corrected chi connectivity index (χ1v) is 8.95. The van der Waals surface area contributed by atoms with Crippen molar-refractivity contribution in [1.82, 2.24) is 4.72 Å². The van der Waals surface area contributed by atoms with E-state index in [9.17, 15) is 22.7 Å². The predicted molar refractivity (Wildman–Crippen MR) is 88.6 cm³/mol. The molecule has 1 atom stereocenters. The Morgan fingerprint density at radius 1 is 1.15 bits per heavy atom. The molecule has 0 radical (unpaired) electrons. The largest absolute Gasteiger partial charge is 0.550 e. The predicted octanol–water partition coefficient (Wildman–Crippen LogP) is 1.00. The minimum Gasteiger partial charge on any atom is -0.550 e. The maximum Gasteiger partial charge on any atom is 0.241 e. The van der Waals surface area contributed by atoms with Crippen molar-refractivity contribution in [2.45, 2.75) is 17.4 Å². The van der Waals surface area contributed by atoms with E-state index < -0.39 is 34.3 Å². The van der Waals surface area contributed by atoms with Crippen LogP contribution in [0.1, 0.15) is 18.0 Å². The lowest BCUT2D eigenvalue weighted by molar-refractivity contribution is -0.306. The van der Waals surface area contributed by atoms with Gasteiger partial charge in [0.05, 0.1) is 25.2 Å². The number of rotatable bonds is 8. The lowest BCUT2D eigenvalue weighted by atomic mass is 10.0. The highest BCUT2D eigenvalue weighted by Crippen LogP contribution is 2.36. The van der Waals surface area contributed by atoms with Crippen LogP contribution in [0, 0.1) is 5.82 Å². The van der Waals surface area contributed by atoms with E-state index in [1.807, 2.05) is 0 Å². The fourth-order valence-electron chi connectivity index (χ4n) is 2.44. The van der Waals surface area contributed by atoms with Gasteiger partial charge in [-0.1, -0.05) is 12.1 Å². The topological polar surface area (TPSA) is 105 Å². The molecule has 2 aromatic carbocycles. The minimum absolute atomic E-state index is 0.197. The van der Waals surface area contributed by atoms with Crippen LogP contribution in [0.4, 0.5) is 4.39 Å². The number of carbonyl (C=O) groups excluding carboxylic acids is 1. The number of carboxylic acids is 1. The van der Waals surface area contributed by atoms with Crippen molar-refractivity contribution in [3.63, 3.8) is 0 Å². The van der Waals surface area contributed by atoms with E-state index in [4.69, 9.17) is 9.47 Å². The van der Waals surface area contributed by atoms with E-state index in [-0.39, 0.29) is 16.2 Å². The van der Waals surface area contributed by atoms with Gasteiger partial charge < -0.3 is 19.4 Å². The molecule has 0 aliphatic heterocycles. The highest BCUT2D eigenvalue weighted by atomic mass is 32.2. The maximum absolute atomic E-state index is 13.0. The molecule has 0 heterocycles. The first-order valence-electron chi connectivity index (χ1n) is 7.47. The van der Waals surface area contributed by atoms with Gasteiger partial charge in [0, 0.05) is 18.0 Å². The molecule has 0 amide bonds. The van der Waals surface area contributed by atoms with Crippen LogP contribution in [0.25, 0.3) is 0 Å². The Morgan fingerprint density at radius 3 is 2.35 bits per heavy atom. The number of carbonyl (C=O) groups is 1. The molecule has 140 valence electrons. The van der Waals surface area contributed by atoms with Crippen molar-refractivity contribution in [1.29, 1.82) is 0 Å². The molecule has 0 saturated heterocycles. The number of methoxy groups -OCH3 is 2. The summed E-state index contributed by atoms with van der Waals surface area (Å²) >= 11 is 0. The number of carboxylic acid groups (broad SMARTS) is 1. The molecule has 0 aliphatic rings. The number of para-hydroxylation sites is 1. The molecule has 1 unspecified atom stereocenters. The molecule has 26 heavy (non-hydrogen) atoms. The summed E-state index contributed by atoms with van der Waals surface area (Å²) in [6, 6.07) is 7.65. The van der Waals surface area contributed by atoms with Crippen molar-refractivity contribution < 1.29 is 32.2 Å². The first kappa shape index (κ1) is 19.7. The number of aliphatic carboxylic acids is 1. The monoisotopic (exact) mass is 382 g/mol. The second kappa shape index (κ2) is 8.15. The molecule has 9 heteroatoms. The Morgan fingerprint density at radius 2 is 1.81 bits per heavy atom. The summed E-state index contributed by atoms with van der Waals surface area (Å²) in [5.41, 5.74) is 0.265. The summed E-state index contributed by atoms with van der Waals surface area (Å²) in [7, 11) is -1.36. The smallest absolute Gasteiger partial charge is 0.241 e. The van der Waals surface area contributed by atoms with Crippen molar-refractivity contribution in [3.05, 3.63) is 53.8 Å². The van der Waals surface area contributed by atoms with E-state index in [2.05, 4.69) is 4.72 Å². The van der Waals surface area contributed by atoms with Gasteiger partial charge in [0.2, 0.25) is 10.0 Å². The second-order valence-corrected chi connectivity index (χ2v) is 7.00. The van der Waals surface area contributed by atoms with Crippen LogP contribution in [0.15, 0.2) is 47.4 Å². The van der Waals surface area contributed by atoms with Crippen LogP contribution >= 0.6 is 0 Å². The highest BCUT2D eigenvalue weighted by Gasteiger charge is 2.25. The maximum atomic E-state index is 13.0. The third-order valence-electron chi connectivity index (χ3n) is 3.60. The van der Waals surface area contributed by atoms with Gasteiger partial charge in [0.1, 0.15) is 5.82 Å². The van der Waals surface area contributed by atoms with Gasteiger partial charge in [0.25, 0.3) is 0 Å². The van der Waals surface area contributed by atoms with E-state index in [0.717, 1.165) is 24.3 Å². The van der Waals surface area contributed by atoms with Gasteiger partial charge in [0.15, 0.2) is 11.5 Å². The molecular formula is C17H17FNO6S-. The molecule has 0 saturated carbocycles. The SMILES string of the molecule is COc1cccc(C(CC(=O)[O-])NS(=O)(=O)c2ccc(F)cc2)c1OC. The molecule has 0 spiro atoms. The van der Waals surface area contributed by atoms with E-state index in [1.54, 1.807) is 12.1 Å². The summed E-state index contributed by atoms with van der Waals surface area (Å²) in [6.07, 6.45) is -0.635. The minimum atomic E-state index is -4.12. The zero-order valence-corrected chi connectivity index (χ0v) is 14.9. The molecule has 1 N–H and O–H groups in total. The summed E-state index contributed by atoms with van der Waals surface area (Å²) < 4.78 is 50.8. The Hall–Kier alpha value is -2.65. The van der Waals surface area contributed by atoms with Crippen molar-refractivity contribution in [2.75, 3.05) is 14.2 Å². The van der Waals surface area contributed by atoms with E-state index in [1.165, 1.54) is 20.3 Å². The van der Waals surface area contributed by atoms with Gasteiger partial charge in [-0.25, -0.2) is 17.5 Å². The Bertz CT molecular complexity index is 883. The molecular weight excluding hydrogens is 365 g/mol. The summed E-state index contributed by atoms with van der Waals surface area (Å²) in [5.74, 6) is -1.54. The summed E-state index contributed by atoms with van der Waals surface area (Å²) in [6.45, 7) is 0. The van der Waals surface area contributed by atoms with Gasteiger partial charge in [-0.3, -0.25) is 0 Å². The average molecular weight is 382 g/mol. The first-order chi connectivity index (χ1) is 12.3. The summed E-state index contributed by atoms with van der Waals surface area (Å²) in [4.78, 5) is 10.9. The molecule has 0 fully saturated rings. The molecule has 2 aromatic rings. The number of halogens is 1. The average Bonchev–Trinajstić information content (AvgIpc) is 2.60. The zero-order valence-electron chi connectivity index (χ0n) is 14.1. The van der Waals surface area contributed by atoms with Gasteiger partial charge in [-0.15, -0.1) is 0 Å². The second-order valence-electron chi connectivity index (χ2n) is 5.29. The third-order valence-corrected chi connectivity index (χ3v) is 5.09. The van der Waals surface area contributed by atoms with E-state index >= 15 is 0 Å². The molecule has 0 aromatic heterocycles. The van der Waals surface area contributed by atoms with Crippen LogP contribution in [-0.2, 0) is 14.8 Å². The molecule has 0 aliphatic carbocycles. The fourth-order valence-corrected chi connectivity index (χ4v) is 3.65. The van der Waals surface area contributed by atoms with Crippen molar-refractivity contribution in [3.8, 4) is 11.5 Å². The zero-order chi connectivity index (χ0) is 19.3. The third kappa shape index (κ3) is 4.50. The van der Waals surface area contributed by atoms with Crippen LogP contribution in [-0.4, -0.2) is 28.6 Å². The number of hydrogen-bond donors (Lipinski definition) is 1. The summed E-state index contributed by atoms with van der Waals surface area (Å²) in [5, 5.41) is 11.1. The van der Waals surface area contributed by atoms with Crippen LogP contribution in [0.3, 0.4) is 0 Å². The normalized spacial score (nSPS) is 12.4. The fraction of sp³-hybridized carbons (Fsp3) is 0.235. The number of hydrogen-bond acceptors (Lipinski definition) is 6. The Labute approximate surface area is 150 Å². The van der Waals surface area contributed by atoms with E-state index in [0.29, 0.717) is 5.75 Å². The molecule has 7 nitrogen and oxygen atoms in total. The van der Waals surface area contributed by atoms with Crippen LogP contribution < -0.4 is 19.3 Å². The lowest BCUT2D eigenvalue weighted by Gasteiger charge is -2.23. The van der Waals surface area contributed by atoms with Crippen LogP contribution in [0.2, 0.25) is 0 Å². The Balaban J connectivity index is 2.46. The quantitative estimate of drug-likeness (QED) is 0.730. The Kier molecular flexibility index (Phi) is 6.17. The van der Waals surface area contributed by atoms with Crippen molar-refractivity contribution >= 4 is 16.0 Å². The molecule has 2 rings (SSSR count). The van der Waals surface area contributed by atoms with Gasteiger partial charge in [-0.2, -0.15) is 0 Å². The molecule has 0 bridgehead atoms. The van der Waals surface area contributed by atoms with Gasteiger partial charge in [-0.05, 0) is 30.3 Å². The number of ether oxygens (including phenoxy) is 2. The highest BCUT2D eigenvalue weighted by molar-refractivity contribution is 7.89. The standard InChI is InChI=1S/C17H18FNO6S/c1-24-15-5-3-4-13(17(15)25-2)14(10-16(20)21)19-26(22,23)12-8-6-11(18)7-9-12/h3-9,14,19H,10H2,1-2H3,(H,20,21)/p-1. The number of nitrogens with one attached hydrogen (secondary N) is 1. The van der Waals surface area contributed by atoms with Crippen molar-refractivity contribution in [2.24, 2.45) is 0 Å². The lowest BCUT2D eigenvalue weighted by Crippen LogP contribution is -2.34. The number of sulfonamides is 1. The van der Waals surface area contributed by atoms with Gasteiger partial charge >= 0.3 is 0 Å². The van der Waals surface area contributed by atoms with Crippen LogP contribution in [0.5, 0.6) is 11.5 Å².